The third kappa shape index (κ3) is 8.21. The number of hydrogen-bond acceptors (Lipinski definition) is 10. The fraction of sp³-hybridized carbons (Fsp3) is 0.524. The lowest BCUT2D eigenvalue weighted by atomic mass is 9.90. The average molecular weight is 815 g/mol. The number of hydrogen-bond donors (Lipinski definition) is 4. The lowest BCUT2D eigenvalue weighted by Gasteiger charge is -2.30. The predicted molar refractivity (Wildman–Crippen MR) is 219 cm³/mol. The lowest BCUT2D eigenvalue weighted by molar-refractivity contribution is -0.137. The number of thiophene rings is 1. The van der Waals surface area contributed by atoms with Crippen LogP contribution in [0.5, 0.6) is 0 Å². The maximum absolute atomic E-state index is 13.8. The Bertz CT molecular complexity index is 2110. The van der Waals surface area contributed by atoms with Gasteiger partial charge in [-0.25, -0.2) is 19.6 Å². The highest BCUT2D eigenvalue weighted by molar-refractivity contribution is 7.19. The molecule has 58 heavy (non-hydrogen) atoms. The molecule has 5 atom stereocenters. The maximum atomic E-state index is 13.8. The number of imidazole rings is 2. The van der Waals surface area contributed by atoms with Gasteiger partial charge in [0.2, 0.25) is 11.8 Å². The summed E-state index contributed by atoms with van der Waals surface area (Å²) in [6.07, 6.45) is 9.32. The fourth-order valence-electron chi connectivity index (χ4n) is 8.55. The number of fused-ring (bicyclic) bond motifs is 1. The zero-order valence-electron chi connectivity index (χ0n) is 34.1. The molecule has 2 fully saturated rings. The van der Waals surface area contributed by atoms with Gasteiger partial charge >= 0.3 is 12.2 Å². The number of aromatic amines is 2. The van der Waals surface area contributed by atoms with E-state index in [4.69, 9.17) is 24.2 Å². The van der Waals surface area contributed by atoms with Crippen LogP contribution in [0.1, 0.15) is 94.2 Å². The molecule has 3 aromatic heterocycles. The van der Waals surface area contributed by atoms with Crippen molar-refractivity contribution in [2.24, 2.45) is 5.92 Å². The quantitative estimate of drug-likeness (QED) is 0.123. The molecule has 5 heterocycles. The van der Waals surface area contributed by atoms with Gasteiger partial charge in [-0.2, -0.15) is 0 Å². The van der Waals surface area contributed by atoms with Crippen LogP contribution in [0.2, 0.25) is 0 Å². The Balaban J connectivity index is 1.09. The highest BCUT2D eigenvalue weighted by Gasteiger charge is 2.40. The zero-order chi connectivity index (χ0) is 41.1. The zero-order valence-corrected chi connectivity index (χ0v) is 34.9. The number of ether oxygens (including phenoxy) is 3. The monoisotopic (exact) mass is 814 g/mol. The predicted octanol–water partition coefficient (Wildman–Crippen LogP) is 6.54. The van der Waals surface area contributed by atoms with Crippen LogP contribution in [0.3, 0.4) is 0 Å². The molecule has 2 aliphatic heterocycles. The summed E-state index contributed by atoms with van der Waals surface area (Å²) in [5, 5.41) is 5.36. The van der Waals surface area contributed by atoms with Crippen LogP contribution in [0.15, 0.2) is 36.7 Å². The molecule has 0 unspecified atom stereocenters. The van der Waals surface area contributed by atoms with E-state index in [2.05, 4.69) is 44.9 Å². The second kappa shape index (κ2) is 17.7. The van der Waals surface area contributed by atoms with E-state index in [9.17, 15) is 19.2 Å². The van der Waals surface area contributed by atoms with E-state index in [0.29, 0.717) is 13.1 Å². The van der Waals surface area contributed by atoms with Gasteiger partial charge in [0.1, 0.15) is 23.7 Å². The van der Waals surface area contributed by atoms with Gasteiger partial charge in [-0.3, -0.25) is 9.59 Å². The van der Waals surface area contributed by atoms with Crippen molar-refractivity contribution in [3.8, 4) is 32.3 Å². The highest BCUT2D eigenvalue weighted by atomic mass is 32.1. The van der Waals surface area contributed by atoms with E-state index in [1.165, 1.54) is 42.2 Å². The van der Waals surface area contributed by atoms with Crippen LogP contribution in [0.25, 0.3) is 32.3 Å². The van der Waals surface area contributed by atoms with Crippen molar-refractivity contribution in [2.45, 2.75) is 102 Å². The van der Waals surface area contributed by atoms with Crippen LogP contribution < -0.4 is 10.6 Å². The Kier molecular flexibility index (Phi) is 12.5. The third-order valence-electron chi connectivity index (χ3n) is 11.8. The van der Waals surface area contributed by atoms with E-state index in [-0.39, 0.29) is 29.8 Å². The largest absolute Gasteiger partial charge is 0.453 e. The lowest BCUT2D eigenvalue weighted by Crippen LogP contribution is -2.54. The summed E-state index contributed by atoms with van der Waals surface area (Å²) in [4.78, 5) is 74.2. The number of H-pyrrole nitrogens is 2. The SMILES string of the molecule is COC(=O)N[C@H](C(=O)N1CCC[C@H]1c1ncc(-c2ccc(-c3sc(-c4cnc([C@@H]5CCCN5C(=O)[C@@H](NC(=O)OC)[C@@H](C)OC)[nH]4)c4c3CCCC4)cc2)[nH]1)C(C)C. The Morgan fingerprint density at radius 3 is 1.76 bits per heavy atom. The minimum Gasteiger partial charge on any atom is -0.453 e. The molecule has 0 saturated carbocycles. The normalized spacial score (nSPS) is 19.4. The van der Waals surface area contributed by atoms with Gasteiger partial charge in [-0.15, -0.1) is 11.3 Å². The Labute approximate surface area is 342 Å². The number of nitrogens with zero attached hydrogens (tertiary/aromatic N) is 4. The van der Waals surface area contributed by atoms with Crippen molar-refractivity contribution in [1.82, 2.24) is 40.4 Å². The first-order chi connectivity index (χ1) is 28.0. The molecule has 0 spiro atoms. The topological polar surface area (TPSA) is 184 Å². The van der Waals surface area contributed by atoms with E-state index in [1.807, 2.05) is 31.1 Å². The summed E-state index contributed by atoms with van der Waals surface area (Å²) in [7, 11) is 4.08. The third-order valence-corrected chi connectivity index (χ3v) is 13.1. The molecule has 16 heteroatoms. The molecule has 4 aromatic rings. The Hall–Kier alpha value is -5.22. The summed E-state index contributed by atoms with van der Waals surface area (Å²) < 4.78 is 15.0. The number of likely N-dealkylation sites (tertiary alicyclic amines) is 2. The van der Waals surface area contributed by atoms with E-state index in [1.54, 1.807) is 23.2 Å². The molecular weight excluding hydrogens is 761 g/mol. The number of amides is 4. The standard InChI is InChI=1S/C42H54N8O7S/c1-23(2)33(47-41(53)56-5)39(51)49-19-9-13-31(49)37-43-21-29(45-37)25-15-17-26(18-16-25)35-27-11-7-8-12-28(27)36(58-35)30-22-44-38(46-30)32-14-10-20-50(32)40(52)34(24(3)55-4)48-42(54)57-6/h15-18,21-24,31-34H,7-14,19-20H2,1-6H3,(H,43,45)(H,44,46)(H,47,53)(H,48,54)/t24-,31+,32+,33+,34+/m1/s1. The molecule has 15 nitrogen and oxygen atoms in total. The van der Waals surface area contributed by atoms with Crippen molar-refractivity contribution in [3.63, 3.8) is 0 Å². The minimum absolute atomic E-state index is 0.108. The molecule has 4 N–H and O–H groups in total. The van der Waals surface area contributed by atoms with Crippen molar-refractivity contribution in [2.75, 3.05) is 34.4 Å². The summed E-state index contributed by atoms with van der Waals surface area (Å²) in [5.74, 6) is 0.984. The number of nitrogens with one attached hydrogen (secondary N) is 4. The molecule has 0 radical (unpaired) electrons. The molecule has 1 aliphatic carbocycles. The molecular formula is C42H54N8O7S. The number of aromatic nitrogens is 4. The summed E-state index contributed by atoms with van der Waals surface area (Å²) in [5.41, 5.74) is 6.70. The molecule has 1 aromatic carbocycles. The van der Waals surface area contributed by atoms with Crippen LogP contribution in [-0.2, 0) is 36.6 Å². The first-order valence-electron chi connectivity index (χ1n) is 20.2. The van der Waals surface area contributed by atoms with Gasteiger partial charge in [0, 0.05) is 25.1 Å². The molecule has 3 aliphatic rings. The summed E-state index contributed by atoms with van der Waals surface area (Å²) >= 11 is 1.78. The average Bonchev–Trinajstić information content (AvgIpc) is 4.10. The van der Waals surface area contributed by atoms with Gasteiger partial charge in [-0.1, -0.05) is 38.1 Å². The number of rotatable bonds is 12. The fourth-order valence-corrected chi connectivity index (χ4v) is 9.91. The van der Waals surface area contributed by atoms with Gasteiger partial charge in [0.25, 0.3) is 0 Å². The van der Waals surface area contributed by atoms with Crippen molar-refractivity contribution < 1.29 is 33.4 Å². The summed E-state index contributed by atoms with van der Waals surface area (Å²) in [6, 6.07) is 6.50. The van der Waals surface area contributed by atoms with Crippen molar-refractivity contribution in [1.29, 1.82) is 0 Å². The van der Waals surface area contributed by atoms with Gasteiger partial charge < -0.3 is 44.6 Å². The van der Waals surface area contributed by atoms with E-state index >= 15 is 0 Å². The van der Waals surface area contributed by atoms with E-state index < -0.39 is 30.4 Å². The minimum atomic E-state index is -0.893. The van der Waals surface area contributed by atoms with Crippen molar-refractivity contribution in [3.05, 3.63) is 59.4 Å². The van der Waals surface area contributed by atoms with Gasteiger partial charge in [-0.05, 0) is 86.5 Å². The number of carbonyl (C=O) groups excluding carboxylic acids is 4. The van der Waals surface area contributed by atoms with Crippen molar-refractivity contribution >= 4 is 35.3 Å². The van der Waals surface area contributed by atoms with Gasteiger partial charge in [0.15, 0.2) is 0 Å². The molecule has 0 bridgehead atoms. The number of carbonyl (C=O) groups is 4. The number of methoxy groups -OCH3 is 3. The number of benzene rings is 1. The van der Waals surface area contributed by atoms with E-state index in [0.717, 1.165) is 85.5 Å². The van der Waals surface area contributed by atoms with Gasteiger partial charge in [0.05, 0.1) is 61.1 Å². The van der Waals surface area contributed by atoms with Crippen LogP contribution in [0, 0.1) is 5.92 Å². The summed E-state index contributed by atoms with van der Waals surface area (Å²) in [6.45, 7) is 6.71. The molecule has 310 valence electrons. The molecule has 2 saturated heterocycles. The Morgan fingerprint density at radius 1 is 0.707 bits per heavy atom. The van der Waals surface area contributed by atoms with Crippen LogP contribution >= 0.6 is 11.3 Å². The first-order valence-corrected chi connectivity index (χ1v) is 21.0. The highest BCUT2D eigenvalue weighted by Crippen LogP contribution is 2.46. The number of alkyl carbamates (subject to hydrolysis) is 2. The second-order valence-electron chi connectivity index (χ2n) is 15.7. The maximum Gasteiger partial charge on any atom is 0.407 e. The molecule has 4 amide bonds. The second-order valence-corrected chi connectivity index (χ2v) is 16.7. The van der Waals surface area contributed by atoms with Crippen LogP contribution in [-0.4, -0.2) is 106 Å². The first kappa shape index (κ1) is 41.0. The van der Waals surface area contributed by atoms with Crippen LogP contribution in [0.4, 0.5) is 9.59 Å². The Morgan fingerprint density at radius 2 is 1.21 bits per heavy atom. The smallest absolute Gasteiger partial charge is 0.407 e. The molecule has 7 rings (SSSR count).